The fourth-order valence-corrected chi connectivity index (χ4v) is 5.37. The zero-order valence-corrected chi connectivity index (χ0v) is 22.0. The van der Waals surface area contributed by atoms with Crippen LogP contribution in [0.2, 0.25) is 0 Å². The van der Waals surface area contributed by atoms with Crippen molar-refractivity contribution in [3.8, 4) is 0 Å². The minimum atomic E-state index is -0.112. The topological polar surface area (TPSA) is 159 Å². The molecular formula is C24H32N6O4S2. The molecule has 0 radical (unpaired) electrons. The molecule has 0 aromatic carbocycles. The summed E-state index contributed by atoms with van der Waals surface area (Å²) in [5, 5.41) is 19.0. The molecule has 2 aromatic heterocycles. The number of hydrogen-bond acceptors (Lipinski definition) is 10. The maximum atomic E-state index is 11.7. The third kappa shape index (κ3) is 9.53. The number of aryl methyl sites for hydroxylation is 2. The van der Waals surface area contributed by atoms with Crippen LogP contribution in [0.3, 0.4) is 0 Å². The Morgan fingerprint density at radius 3 is 1.50 bits per heavy atom. The summed E-state index contributed by atoms with van der Waals surface area (Å²) in [4.78, 5) is 36.2. The molecular weight excluding hydrogens is 500 g/mol. The largest absolute Gasteiger partial charge is 0.396 e. The van der Waals surface area contributed by atoms with Gasteiger partial charge in [-0.3, -0.25) is 9.59 Å². The lowest BCUT2D eigenvalue weighted by atomic mass is 10.2. The summed E-state index contributed by atoms with van der Waals surface area (Å²) in [5.41, 5.74) is 14.9. The molecule has 10 nitrogen and oxygen atoms in total. The van der Waals surface area contributed by atoms with Gasteiger partial charge < -0.3 is 31.5 Å². The van der Waals surface area contributed by atoms with E-state index in [-0.39, 0.29) is 26.3 Å². The maximum Gasteiger partial charge on any atom is 0.214 e. The van der Waals surface area contributed by atoms with Crippen molar-refractivity contribution in [3.05, 3.63) is 69.0 Å². The second-order valence-electron chi connectivity index (χ2n) is 7.85. The zero-order chi connectivity index (χ0) is 26.5. The number of carbonyl (C=O) groups excluding carboxylic acids is 2. The number of pyridine rings is 2. The van der Waals surface area contributed by atoms with Crippen molar-refractivity contribution in [2.24, 2.45) is 0 Å². The lowest BCUT2D eigenvalue weighted by Crippen LogP contribution is -2.17. The Labute approximate surface area is 218 Å². The van der Waals surface area contributed by atoms with Gasteiger partial charge in [-0.15, -0.1) is 0 Å². The summed E-state index contributed by atoms with van der Waals surface area (Å²) >= 11 is 0. The van der Waals surface area contributed by atoms with Gasteiger partial charge in [0.2, 0.25) is 12.8 Å². The van der Waals surface area contributed by atoms with Crippen LogP contribution in [-0.4, -0.2) is 56.0 Å². The first-order chi connectivity index (χ1) is 17.3. The van der Waals surface area contributed by atoms with Crippen LogP contribution in [0.1, 0.15) is 35.4 Å². The van der Waals surface area contributed by atoms with Crippen molar-refractivity contribution < 1.29 is 19.8 Å². The highest BCUT2D eigenvalue weighted by atomic mass is 33.1. The van der Waals surface area contributed by atoms with Crippen molar-refractivity contribution in [3.63, 3.8) is 0 Å². The summed E-state index contributed by atoms with van der Waals surface area (Å²) in [5.74, 6) is 0.708. The van der Waals surface area contributed by atoms with E-state index in [1.807, 2.05) is 38.1 Å². The van der Waals surface area contributed by atoms with Gasteiger partial charge in [0, 0.05) is 70.8 Å². The minimum Gasteiger partial charge on any atom is -0.396 e. The van der Waals surface area contributed by atoms with E-state index in [0.717, 1.165) is 21.2 Å². The molecule has 2 aromatic rings. The van der Waals surface area contributed by atoms with E-state index in [4.69, 9.17) is 11.5 Å². The summed E-state index contributed by atoms with van der Waals surface area (Å²) < 4.78 is 0. The van der Waals surface area contributed by atoms with Crippen molar-refractivity contribution in [2.75, 3.05) is 24.7 Å². The van der Waals surface area contributed by atoms with Gasteiger partial charge in [0.25, 0.3) is 0 Å². The minimum absolute atomic E-state index is 0.112. The number of aliphatic hydroxyl groups excluding tert-OH is 2. The van der Waals surface area contributed by atoms with Gasteiger partial charge in [0.1, 0.15) is 11.6 Å². The molecule has 0 unspecified atom stereocenters. The molecule has 2 rings (SSSR count). The van der Waals surface area contributed by atoms with Gasteiger partial charge in [-0.25, -0.2) is 9.97 Å². The quantitative estimate of drug-likeness (QED) is 0.198. The van der Waals surface area contributed by atoms with Crippen molar-refractivity contribution in [2.45, 2.75) is 39.8 Å². The van der Waals surface area contributed by atoms with E-state index in [0.29, 0.717) is 48.4 Å². The maximum absolute atomic E-state index is 11.7. The van der Waals surface area contributed by atoms with Crippen LogP contribution in [-0.2, 0) is 22.7 Å². The van der Waals surface area contributed by atoms with Gasteiger partial charge in [-0.05, 0) is 26.0 Å². The summed E-state index contributed by atoms with van der Waals surface area (Å²) in [6, 6.07) is 7.29. The van der Waals surface area contributed by atoms with E-state index in [9.17, 15) is 19.8 Å². The number of aromatic nitrogens is 2. The lowest BCUT2D eigenvalue weighted by molar-refractivity contribution is -0.117. The SMILES string of the molecule is Cc1ccc(CN(C=O)/C=C(/CCO)SS/C(=C\N(C=O)Cc2ccc(C)nc2N)CCO)c(N)n1. The van der Waals surface area contributed by atoms with Crippen molar-refractivity contribution in [1.82, 2.24) is 19.8 Å². The first kappa shape index (κ1) is 29.2. The first-order valence-electron chi connectivity index (χ1n) is 11.1. The van der Waals surface area contributed by atoms with Crippen LogP contribution in [0, 0.1) is 13.8 Å². The zero-order valence-electron chi connectivity index (χ0n) is 20.3. The predicted octanol–water partition coefficient (Wildman–Crippen LogP) is 2.70. The predicted molar refractivity (Wildman–Crippen MR) is 145 cm³/mol. The Hall–Kier alpha value is -3.06. The van der Waals surface area contributed by atoms with Crippen LogP contribution < -0.4 is 11.5 Å². The third-order valence-electron chi connectivity index (χ3n) is 4.87. The van der Waals surface area contributed by atoms with Crippen molar-refractivity contribution in [1.29, 1.82) is 0 Å². The Morgan fingerprint density at radius 2 is 1.19 bits per heavy atom. The highest BCUT2D eigenvalue weighted by Crippen LogP contribution is 2.39. The number of aliphatic hydroxyl groups is 2. The van der Waals surface area contributed by atoms with Crippen LogP contribution in [0.15, 0.2) is 46.5 Å². The molecule has 0 spiro atoms. The molecule has 12 heteroatoms. The highest BCUT2D eigenvalue weighted by Gasteiger charge is 2.11. The van der Waals surface area contributed by atoms with Crippen LogP contribution in [0.4, 0.5) is 11.6 Å². The van der Waals surface area contributed by atoms with Crippen LogP contribution >= 0.6 is 21.6 Å². The third-order valence-corrected chi connectivity index (χ3v) is 7.54. The molecule has 0 atom stereocenters. The smallest absolute Gasteiger partial charge is 0.214 e. The highest BCUT2D eigenvalue weighted by molar-refractivity contribution is 8.79. The average Bonchev–Trinajstić information content (AvgIpc) is 2.84. The van der Waals surface area contributed by atoms with E-state index in [1.54, 1.807) is 12.4 Å². The normalized spacial score (nSPS) is 11.9. The van der Waals surface area contributed by atoms with Gasteiger partial charge in [0.05, 0.1) is 13.1 Å². The van der Waals surface area contributed by atoms with E-state index in [2.05, 4.69) is 9.97 Å². The Bertz CT molecular complexity index is 1010. The molecule has 0 saturated heterocycles. The number of carbonyl (C=O) groups is 2. The van der Waals surface area contributed by atoms with Crippen LogP contribution in [0.5, 0.6) is 0 Å². The number of nitrogens with zero attached hydrogens (tertiary/aromatic N) is 4. The number of amides is 2. The fourth-order valence-electron chi connectivity index (χ4n) is 3.05. The van der Waals surface area contributed by atoms with Gasteiger partial charge in [-0.1, -0.05) is 33.7 Å². The van der Waals surface area contributed by atoms with Gasteiger partial charge in [0.15, 0.2) is 0 Å². The first-order valence-corrected chi connectivity index (χ1v) is 13.3. The lowest BCUT2D eigenvalue weighted by Gasteiger charge is -2.18. The molecule has 2 heterocycles. The number of rotatable bonds is 15. The molecule has 0 aliphatic heterocycles. The molecule has 0 bridgehead atoms. The Kier molecular flexibility index (Phi) is 12.3. The molecule has 6 N–H and O–H groups in total. The summed E-state index contributed by atoms with van der Waals surface area (Å²) in [6.45, 7) is 3.90. The van der Waals surface area contributed by atoms with E-state index >= 15 is 0 Å². The molecule has 0 saturated carbocycles. The second-order valence-corrected chi connectivity index (χ2v) is 10.2. The number of nitrogens with two attached hydrogens (primary N) is 2. The Morgan fingerprint density at radius 1 is 0.806 bits per heavy atom. The number of hydrogen-bond donors (Lipinski definition) is 4. The van der Waals surface area contributed by atoms with E-state index in [1.165, 1.54) is 31.4 Å². The standard InChI is InChI=1S/C24H32N6O4S2/c1-17-3-5-19(23(25)27-17)11-29(15-33)13-21(7-9-31)35-36-22(8-10-32)14-30(16-34)12-20-6-4-18(2)28-24(20)26/h3-6,13-16,31-32H,7-12H2,1-2H3,(H2,25,27)(H2,26,28)/b21-13-,22-14-. The number of anilines is 2. The van der Waals surface area contributed by atoms with Gasteiger partial charge in [-0.2, -0.15) is 0 Å². The average molecular weight is 533 g/mol. The molecule has 0 aliphatic rings. The molecule has 194 valence electrons. The second kappa shape index (κ2) is 15.1. The monoisotopic (exact) mass is 532 g/mol. The summed E-state index contributed by atoms with van der Waals surface area (Å²) in [6.07, 6.45) is 5.29. The summed E-state index contributed by atoms with van der Waals surface area (Å²) in [7, 11) is 2.66. The number of nitrogen functional groups attached to an aromatic ring is 2. The molecule has 36 heavy (non-hydrogen) atoms. The van der Waals surface area contributed by atoms with Gasteiger partial charge >= 0.3 is 0 Å². The fraction of sp³-hybridized carbons (Fsp3) is 0.333. The van der Waals surface area contributed by atoms with Crippen molar-refractivity contribution >= 4 is 46.0 Å². The molecule has 0 aliphatic carbocycles. The van der Waals surface area contributed by atoms with E-state index < -0.39 is 0 Å². The Balaban J connectivity index is 2.15. The molecule has 0 fully saturated rings. The van der Waals surface area contributed by atoms with Crippen LogP contribution in [0.25, 0.3) is 0 Å². The molecule has 2 amide bonds.